The Kier molecular flexibility index (Phi) is 2.50. The van der Waals surface area contributed by atoms with Gasteiger partial charge >= 0.3 is 11.9 Å². The van der Waals surface area contributed by atoms with E-state index in [0.717, 1.165) is 0 Å². The topological polar surface area (TPSA) is 121 Å². The third-order valence-electron chi connectivity index (χ3n) is 2.76. The van der Waals surface area contributed by atoms with Crippen molar-refractivity contribution in [2.24, 2.45) is 0 Å². The molecule has 8 nitrogen and oxygen atoms in total. The molecule has 0 aliphatic heterocycles. The van der Waals surface area contributed by atoms with Gasteiger partial charge in [0.25, 0.3) is 0 Å². The zero-order valence-corrected chi connectivity index (χ0v) is 9.94. The predicted octanol–water partition coefficient (Wildman–Crippen LogP) is 1.14. The van der Waals surface area contributed by atoms with Crippen molar-refractivity contribution in [3.8, 4) is 5.95 Å². The number of fused-ring (bicyclic) bond motifs is 1. The summed E-state index contributed by atoms with van der Waals surface area (Å²) in [5.74, 6) is -1.80. The highest BCUT2D eigenvalue weighted by atomic mass is 16.4. The number of hydrogen-bond acceptors (Lipinski definition) is 4. The third-order valence-corrected chi connectivity index (χ3v) is 2.76. The monoisotopic (exact) mass is 272 g/mol. The van der Waals surface area contributed by atoms with Crippen molar-refractivity contribution in [3.05, 3.63) is 41.7 Å². The maximum atomic E-state index is 10.9. The van der Waals surface area contributed by atoms with E-state index in [1.807, 2.05) is 0 Å². The highest BCUT2D eigenvalue weighted by Gasteiger charge is 2.11. The molecule has 20 heavy (non-hydrogen) atoms. The number of aromatic amines is 1. The molecule has 0 aliphatic rings. The minimum Gasteiger partial charge on any atom is -0.478 e. The summed E-state index contributed by atoms with van der Waals surface area (Å²) in [6.07, 6.45) is 2.52. The van der Waals surface area contributed by atoms with E-state index in [-0.39, 0.29) is 11.1 Å². The van der Waals surface area contributed by atoms with Gasteiger partial charge in [0.15, 0.2) is 0 Å². The zero-order valence-electron chi connectivity index (χ0n) is 9.94. The fourth-order valence-electron chi connectivity index (χ4n) is 1.79. The summed E-state index contributed by atoms with van der Waals surface area (Å²) in [6, 6.07) is 4.47. The first-order chi connectivity index (χ1) is 9.54. The van der Waals surface area contributed by atoms with E-state index in [2.05, 4.69) is 15.1 Å². The van der Waals surface area contributed by atoms with E-state index in [0.29, 0.717) is 17.0 Å². The van der Waals surface area contributed by atoms with Crippen LogP contribution in [0.15, 0.2) is 30.6 Å². The van der Waals surface area contributed by atoms with Crippen LogP contribution >= 0.6 is 0 Å². The first kappa shape index (κ1) is 11.9. The molecule has 0 unspecified atom stereocenters. The lowest BCUT2D eigenvalue weighted by molar-refractivity contribution is 0.0686. The van der Waals surface area contributed by atoms with Crippen molar-refractivity contribution in [2.75, 3.05) is 0 Å². The van der Waals surface area contributed by atoms with Crippen LogP contribution in [0.2, 0.25) is 0 Å². The molecule has 3 rings (SSSR count). The van der Waals surface area contributed by atoms with Crippen molar-refractivity contribution in [3.63, 3.8) is 0 Å². The van der Waals surface area contributed by atoms with Crippen LogP contribution in [0, 0.1) is 0 Å². The molecule has 2 heterocycles. The first-order valence-electron chi connectivity index (χ1n) is 5.56. The number of H-pyrrole nitrogens is 1. The molecule has 0 bridgehead atoms. The molecule has 2 aromatic heterocycles. The summed E-state index contributed by atoms with van der Waals surface area (Å²) >= 11 is 0. The maximum Gasteiger partial charge on any atom is 0.338 e. The lowest BCUT2D eigenvalue weighted by atomic mass is 10.2. The number of carboxylic acids is 2. The van der Waals surface area contributed by atoms with E-state index in [1.54, 1.807) is 6.07 Å². The van der Waals surface area contributed by atoms with Crippen LogP contribution in [0.25, 0.3) is 17.0 Å². The summed E-state index contributed by atoms with van der Waals surface area (Å²) in [7, 11) is 0. The largest absolute Gasteiger partial charge is 0.478 e. The summed E-state index contributed by atoms with van der Waals surface area (Å²) in [6.45, 7) is 0. The summed E-state index contributed by atoms with van der Waals surface area (Å²) in [5, 5.41) is 21.6. The Labute approximate surface area is 111 Å². The Morgan fingerprint density at radius 2 is 1.90 bits per heavy atom. The zero-order chi connectivity index (χ0) is 14.3. The number of hydrogen-bond donors (Lipinski definition) is 3. The molecule has 3 N–H and O–H groups in total. The fourth-order valence-corrected chi connectivity index (χ4v) is 1.79. The fraction of sp³-hybridized carbons (Fsp3) is 0. The lowest BCUT2D eigenvalue weighted by Crippen LogP contribution is -1.97. The Balaban J connectivity index is 2.07. The number of carbonyl (C=O) groups is 2. The van der Waals surface area contributed by atoms with Gasteiger partial charge in [0.05, 0.1) is 28.4 Å². The smallest absolute Gasteiger partial charge is 0.338 e. The van der Waals surface area contributed by atoms with Crippen molar-refractivity contribution >= 4 is 23.0 Å². The highest BCUT2D eigenvalue weighted by molar-refractivity contribution is 5.92. The number of aromatic nitrogens is 4. The minimum atomic E-state index is -1.08. The van der Waals surface area contributed by atoms with Gasteiger partial charge in [-0.1, -0.05) is 0 Å². The molecule has 3 aromatic rings. The van der Waals surface area contributed by atoms with Gasteiger partial charge in [-0.15, -0.1) is 0 Å². The number of carboxylic acid groups (broad SMARTS) is 2. The number of nitrogens with one attached hydrogen (secondary N) is 1. The van der Waals surface area contributed by atoms with Crippen LogP contribution in [0.4, 0.5) is 0 Å². The van der Waals surface area contributed by atoms with Crippen LogP contribution < -0.4 is 0 Å². The van der Waals surface area contributed by atoms with E-state index < -0.39 is 11.9 Å². The molecule has 8 heteroatoms. The average Bonchev–Trinajstić information content (AvgIpc) is 3.04. The van der Waals surface area contributed by atoms with E-state index in [9.17, 15) is 9.59 Å². The number of rotatable bonds is 3. The molecule has 0 radical (unpaired) electrons. The van der Waals surface area contributed by atoms with Gasteiger partial charge in [0.2, 0.25) is 5.95 Å². The number of imidazole rings is 1. The Morgan fingerprint density at radius 3 is 2.55 bits per heavy atom. The molecule has 0 fully saturated rings. The van der Waals surface area contributed by atoms with E-state index in [4.69, 9.17) is 10.2 Å². The molecular weight excluding hydrogens is 264 g/mol. The highest BCUT2D eigenvalue weighted by Crippen LogP contribution is 2.16. The second kappa shape index (κ2) is 4.19. The standard InChI is InChI=1S/C12H8N4O4/c17-10(18)6-1-2-8-9(3-6)15-12(14-8)16-5-7(4-13-16)11(19)20/h1-5H,(H,14,15)(H,17,18)(H,19,20). The Morgan fingerprint density at radius 1 is 1.15 bits per heavy atom. The first-order valence-corrected chi connectivity index (χ1v) is 5.56. The van der Waals surface area contributed by atoms with Crippen LogP contribution in [-0.4, -0.2) is 41.9 Å². The van der Waals surface area contributed by atoms with Crippen molar-refractivity contribution in [1.82, 2.24) is 19.7 Å². The van der Waals surface area contributed by atoms with E-state index >= 15 is 0 Å². The van der Waals surface area contributed by atoms with Gasteiger partial charge in [0.1, 0.15) is 0 Å². The van der Waals surface area contributed by atoms with Crippen LogP contribution in [0.5, 0.6) is 0 Å². The summed E-state index contributed by atoms with van der Waals surface area (Å²) in [5.41, 5.74) is 1.28. The van der Waals surface area contributed by atoms with E-state index in [1.165, 1.54) is 29.2 Å². The van der Waals surface area contributed by atoms with Crippen LogP contribution in [0.3, 0.4) is 0 Å². The van der Waals surface area contributed by atoms with Gasteiger partial charge in [-0.2, -0.15) is 5.10 Å². The third kappa shape index (κ3) is 1.88. The van der Waals surface area contributed by atoms with Crippen molar-refractivity contribution in [2.45, 2.75) is 0 Å². The Bertz CT molecular complexity index is 833. The predicted molar refractivity (Wildman–Crippen MR) is 67.1 cm³/mol. The second-order valence-corrected chi connectivity index (χ2v) is 4.08. The molecule has 0 atom stereocenters. The van der Waals surface area contributed by atoms with Crippen LogP contribution in [0.1, 0.15) is 20.7 Å². The van der Waals surface area contributed by atoms with Crippen LogP contribution in [-0.2, 0) is 0 Å². The summed E-state index contributed by atoms with van der Waals surface area (Å²) < 4.78 is 1.28. The van der Waals surface area contributed by atoms with Crippen molar-refractivity contribution in [1.29, 1.82) is 0 Å². The number of benzene rings is 1. The molecule has 100 valence electrons. The molecular formula is C12H8N4O4. The lowest BCUT2D eigenvalue weighted by Gasteiger charge is -1.93. The minimum absolute atomic E-state index is 0.0386. The maximum absolute atomic E-state index is 10.9. The van der Waals surface area contributed by atoms with Crippen molar-refractivity contribution < 1.29 is 19.8 Å². The van der Waals surface area contributed by atoms with Gasteiger partial charge in [-0.3, -0.25) is 0 Å². The summed E-state index contributed by atoms with van der Waals surface area (Å²) in [4.78, 5) is 28.8. The quantitative estimate of drug-likeness (QED) is 0.657. The SMILES string of the molecule is O=C(O)c1ccc2nc(-n3cc(C(=O)O)cn3)[nH]c2c1. The molecule has 0 aliphatic carbocycles. The average molecular weight is 272 g/mol. The number of aromatic carboxylic acids is 2. The molecule has 0 amide bonds. The van der Waals surface area contributed by atoms with Gasteiger partial charge in [-0.25, -0.2) is 19.3 Å². The van der Waals surface area contributed by atoms with Gasteiger partial charge in [-0.05, 0) is 18.2 Å². The second-order valence-electron chi connectivity index (χ2n) is 4.08. The van der Waals surface area contributed by atoms with Gasteiger partial charge in [0, 0.05) is 6.20 Å². The Hall–Kier alpha value is -3.16. The number of nitrogens with zero attached hydrogens (tertiary/aromatic N) is 3. The normalized spacial score (nSPS) is 10.8. The molecule has 0 saturated carbocycles. The van der Waals surface area contributed by atoms with Gasteiger partial charge < -0.3 is 15.2 Å². The molecule has 0 spiro atoms. The molecule has 1 aromatic carbocycles. The molecule has 0 saturated heterocycles.